The minimum absolute atomic E-state index is 0.291. The van der Waals surface area contributed by atoms with Gasteiger partial charge in [0.25, 0.3) is 5.91 Å². The predicted molar refractivity (Wildman–Crippen MR) is 73.4 cm³/mol. The molecule has 0 aliphatic rings. The molecule has 3 aromatic rings. The van der Waals surface area contributed by atoms with E-state index in [0.29, 0.717) is 16.9 Å². The number of benzene rings is 1. The first kappa shape index (κ1) is 13.6. The molecule has 2 heterocycles. The van der Waals surface area contributed by atoms with Crippen molar-refractivity contribution in [1.82, 2.24) is 9.97 Å². The van der Waals surface area contributed by atoms with Gasteiger partial charge in [0.2, 0.25) is 0 Å². The number of nitrogens with one attached hydrogen (secondary N) is 2. The van der Waals surface area contributed by atoms with Gasteiger partial charge in [-0.2, -0.15) is 13.2 Å². The highest BCUT2D eigenvalue weighted by Crippen LogP contribution is 2.30. The Bertz CT molecular complexity index is 760. The summed E-state index contributed by atoms with van der Waals surface area (Å²) in [5, 5.41) is 2.53. The summed E-state index contributed by atoms with van der Waals surface area (Å²) < 4.78 is 37.3. The van der Waals surface area contributed by atoms with Crippen LogP contribution in [-0.2, 0) is 6.18 Å². The lowest BCUT2D eigenvalue weighted by atomic mass is 10.2. The summed E-state index contributed by atoms with van der Waals surface area (Å²) in [4.78, 5) is 19.7. The van der Waals surface area contributed by atoms with Gasteiger partial charge in [0.1, 0.15) is 16.0 Å². The molecule has 8 heteroatoms. The number of carbonyl (C=O) groups excluding carboxylic acids is 1. The number of anilines is 1. The molecule has 0 unspecified atom stereocenters. The molecule has 21 heavy (non-hydrogen) atoms. The van der Waals surface area contributed by atoms with Crippen molar-refractivity contribution in [3.8, 4) is 0 Å². The molecule has 0 radical (unpaired) electrons. The maximum atomic E-state index is 12.4. The topological polar surface area (TPSA) is 57.8 Å². The second kappa shape index (κ2) is 4.88. The summed E-state index contributed by atoms with van der Waals surface area (Å²) in [5.74, 6) is -0.431. The summed E-state index contributed by atoms with van der Waals surface area (Å²) in [6.45, 7) is 0. The van der Waals surface area contributed by atoms with E-state index >= 15 is 0 Å². The second-order valence-electron chi connectivity index (χ2n) is 4.28. The van der Waals surface area contributed by atoms with Crippen molar-refractivity contribution in [1.29, 1.82) is 0 Å². The van der Waals surface area contributed by atoms with E-state index in [2.05, 4.69) is 15.3 Å². The number of aromatic amines is 1. The molecule has 0 saturated heterocycles. The summed E-state index contributed by atoms with van der Waals surface area (Å²) in [5.41, 5.74) is 2.17. The molecule has 3 rings (SSSR count). The third-order valence-electron chi connectivity index (χ3n) is 2.84. The Morgan fingerprint density at radius 3 is 2.57 bits per heavy atom. The Kier molecular flexibility index (Phi) is 3.17. The monoisotopic (exact) mass is 311 g/mol. The molecular weight excluding hydrogens is 303 g/mol. The first-order valence-electron chi connectivity index (χ1n) is 5.84. The van der Waals surface area contributed by atoms with E-state index in [0.717, 1.165) is 17.0 Å². The van der Waals surface area contributed by atoms with E-state index in [1.54, 1.807) is 11.6 Å². The largest absolute Gasteiger partial charge is 0.416 e. The smallest absolute Gasteiger partial charge is 0.341 e. The first-order chi connectivity index (χ1) is 9.93. The number of hydrogen-bond acceptors (Lipinski definition) is 3. The standard InChI is InChI=1S/C13H8F3N3OS/c14-13(15,16)7-1-3-8(4-2-7)18-11(20)9-5-10-12(19-9)21-6-17-10/h1-6,19H,(H,18,20). The number of rotatable bonds is 2. The molecule has 108 valence electrons. The van der Waals surface area contributed by atoms with Crippen LogP contribution >= 0.6 is 11.3 Å². The zero-order valence-corrected chi connectivity index (χ0v) is 11.2. The molecule has 0 bridgehead atoms. The highest BCUT2D eigenvalue weighted by molar-refractivity contribution is 7.16. The lowest BCUT2D eigenvalue weighted by Crippen LogP contribution is -2.12. The average Bonchev–Trinajstić information content (AvgIpc) is 2.98. The highest BCUT2D eigenvalue weighted by Gasteiger charge is 2.30. The highest BCUT2D eigenvalue weighted by atomic mass is 32.1. The van der Waals surface area contributed by atoms with Gasteiger partial charge < -0.3 is 10.3 Å². The fourth-order valence-corrected chi connectivity index (χ4v) is 2.48. The van der Waals surface area contributed by atoms with Crippen LogP contribution in [-0.4, -0.2) is 15.9 Å². The summed E-state index contributed by atoms with van der Waals surface area (Å²) in [7, 11) is 0. The van der Waals surface area contributed by atoms with Gasteiger partial charge in [0, 0.05) is 5.69 Å². The van der Waals surface area contributed by atoms with Crippen molar-refractivity contribution in [3.63, 3.8) is 0 Å². The van der Waals surface area contributed by atoms with E-state index in [1.165, 1.54) is 23.5 Å². The molecule has 1 amide bonds. The predicted octanol–water partition coefficient (Wildman–Crippen LogP) is 3.90. The van der Waals surface area contributed by atoms with Crippen LogP contribution in [0.1, 0.15) is 16.1 Å². The number of hydrogen-bond donors (Lipinski definition) is 2. The zero-order valence-electron chi connectivity index (χ0n) is 10.4. The second-order valence-corrected chi connectivity index (χ2v) is 5.13. The van der Waals surface area contributed by atoms with E-state index < -0.39 is 17.6 Å². The Morgan fingerprint density at radius 2 is 1.95 bits per heavy atom. The number of nitrogens with zero attached hydrogens (tertiary/aromatic N) is 1. The van der Waals surface area contributed by atoms with Crippen molar-refractivity contribution < 1.29 is 18.0 Å². The van der Waals surface area contributed by atoms with Gasteiger partial charge in [-0.15, -0.1) is 11.3 Å². The molecule has 0 spiro atoms. The molecule has 2 aromatic heterocycles. The normalized spacial score (nSPS) is 11.8. The van der Waals surface area contributed by atoms with Crippen LogP contribution in [0.3, 0.4) is 0 Å². The molecule has 0 aliphatic heterocycles. The molecule has 4 nitrogen and oxygen atoms in total. The number of halogens is 3. The number of carbonyl (C=O) groups is 1. The Labute approximate surface area is 120 Å². The molecule has 0 saturated carbocycles. The van der Waals surface area contributed by atoms with Gasteiger partial charge in [-0.25, -0.2) is 4.98 Å². The van der Waals surface area contributed by atoms with E-state index in [1.807, 2.05) is 0 Å². The number of thiazole rings is 1. The Hall–Kier alpha value is -2.35. The van der Waals surface area contributed by atoms with Crippen LogP contribution in [0.5, 0.6) is 0 Å². The third kappa shape index (κ3) is 2.75. The maximum absolute atomic E-state index is 12.4. The molecule has 2 N–H and O–H groups in total. The minimum atomic E-state index is -4.39. The zero-order chi connectivity index (χ0) is 15.0. The third-order valence-corrected chi connectivity index (χ3v) is 3.60. The van der Waals surface area contributed by atoms with E-state index in [4.69, 9.17) is 0 Å². The van der Waals surface area contributed by atoms with Gasteiger partial charge >= 0.3 is 6.18 Å². The van der Waals surface area contributed by atoms with Gasteiger partial charge in [-0.3, -0.25) is 4.79 Å². The number of amides is 1. The number of aromatic nitrogens is 2. The summed E-state index contributed by atoms with van der Waals surface area (Å²) in [6, 6.07) is 5.86. The fraction of sp³-hybridized carbons (Fsp3) is 0.0769. The van der Waals surface area contributed by atoms with E-state index in [-0.39, 0.29) is 0 Å². The van der Waals surface area contributed by atoms with Gasteiger partial charge in [0.15, 0.2) is 0 Å². The number of H-pyrrole nitrogens is 1. The Balaban J connectivity index is 1.76. The quantitative estimate of drug-likeness (QED) is 0.754. The van der Waals surface area contributed by atoms with Crippen LogP contribution < -0.4 is 5.32 Å². The summed E-state index contributed by atoms with van der Waals surface area (Å²) >= 11 is 1.36. The van der Waals surface area contributed by atoms with Gasteiger partial charge in [-0.05, 0) is 30.3 Å². The summed E-state index contributed by atoms with van der Waals surface area (Å²) in [6.07, 6.45) is -4.39. The fourth-order valence-electron chi connectivity index (χ4n) is 1.81. The van der Waals surface area contributed by atoms with Crippen LogP contribution in [0.25, 0.3) is 10.3 Å². The lowest BCUT2D eigenvalue weighted by molar-refractivity contribution is -0.137. The van der Waals surface area contributed by atoms with E-state index in [9.17, 15) is 18.0 Å². The van der Waals surface area contributed by atoms with Crippen LogP contribution in [0.4, 0.5) is 18.9 Å². The van der Waals surface area contributed by atoms with Crippen LogP contribution in [0.2, 0.25) is 0 Å². The maximum Gasteiger partial charge on any atom is 0.416 e. The van der Waals surface area contributed by atoms with Crippen molar-refractivity contribution in [2.45, 2.75) is 6.18 Å². The van der Waals surface area contributed by atoms with Gasteiger partial charge in [0.05, 0.1) is 11.1 Å². The van der Waals surface area contributed by atoms with Crippen molar-refractivity contribution in [2.24, 2.45) is 0 Å². The number of fused-ring (bicyclic) bond motifs is 1. The molecule has 0 atom stereocenters. The molecule has 1 aromatic carbocycles. The molecule has 0 fully saturated rings. The van der Waals surface area contributed by atoms with Crippen molar-refractivity contribution >= 4 is 33.3 Å². The molecular formula is C13H8F3N3OS. The SMILES string of the molecule is O=C(Nc1ccc(C(F)(F)F)cc1)c1cc2ncsc2[nH]1. The Morgan fingerprint density at radius 1 is 1.24 bits per heavy atom. The van der Waals surface area contributed by atoms with Crippen molar-refractivity contribution in [3.05, 3.63) is 47.1 Å². The van der Waals surface area contributed by atoms with Crippen LogP contribution in [0.15, 0.2) is 35.8 Å². The van der Waals surface area contributed by atoms with Gasteiger partial charge in [-0.1, -0.05) is 0 Å². The lowest BCUT2D eigenvalue weighted by Gasteiger charge is -2.08. The number of alkyl halides is 3. The molecule has 0 aliphatic carbocycles. The van der Waals surface area contributed by atoms with Crippen molar-refractivity contribution in [2.75, 3.05) is 5.32 Å². The average molecular weight is 311 g/mol. The first-order valence-corrected chi connectivity index (χ1v) is 6.72. The minimum Gasteiger partial charge on any atom is -0.341 e. The van der Waals surface area contributed by atoms with Crippen LogP contribution in [0, 0.1) is 0 Å².